The van der Waals surface area contributed by atoms with Crippen molar-refractivity contribution < 1.29 is 41.1 Å². The van der Waals surface area contributed by atoms with Crippen LogP contribution in [0.2, 0.25) is 0 Å². The fraction of sp³-hybridized carbons (Fsp3) is 0.564. The van der Waals surface area contributed by atoms with E-state index >= 15 is 0 Å². The molecule has 56 heavy (non-hydrogen) atoms. The lowest BCUT2D eigenvalue weighted by molar-refractivity contribution is -0.134. The lowest BCUT2D eigenvalue weighted by atomic mass is 10.0. The van der Waals surface area contributed by atoms with Crippen LogP contribution in [0.25, 0.3) is 21.6 Å². The van der Waals surface area contributed by atoms with Crippen LogP contribution in [0.5, 0.6) is 11.5 Å². The topological polar surface area (TPSA) is 160 Å². The van der Waals surface area contributed by atoms with Crippen molar-refractivity contribution in [3.63, 3.8) is 0 Å². The van der Waals surface area contributed by atoms with Gasteiger partial charge in [0, 0.05) is 48.3 Å². The van der Waals surface area contributed by atoms with Crippen LogP contribution in [0, 0.1) is 19.8 Å². The van der Waals surface area contributed by atoms with Crippen molar-refractivity contribution in [3.8, 4) is 22.2 Å². The number of benzene rings is 1. The number of urea groups is 1. The summed E-state index contributed by atoms with van der Waals surface area (Å²) in [7, 11) is -2.29. The summed E-state index contributed by atoms with van der Waals surface area (Å²) in [4.78, 5) is 54.7. The van der Waals surface area contributed by atoms with Gasteiger partial charge in [0.05, 0.1) is 22.5 Å². The number of sulfonamides is 1. The van der Waals surface area contributed by atoms with Crippen LogP contribution in [-0.4, -0.2) is 95.2 Å². The summed E-state index contributed by atoms with van der Waals surface area (Å²) in [5, 5.41) is 5.93. The Bertz CT molecular complexity index is 2210. The van der Waals surface area contributed by atoms with E-state index in [1.165, 1.54) is 16.2 Å². The number of aromatic nitrogens is 2. The van der Waals surface area contributed by atoms with Gasteiger partial charge in [0.1, 0.15) is 39.9 Å². The molecule has 0 unspecified atom stereocenters. The van der Waals surface area contributed by atoms with E-state index in [2.05, 4.69) is 10.0 Å². The molecule has 0 spiro atoms. The molecule has 0 radical (unpaired) electrons. The van der Waals surface area contributed by atoms with Crippen LogP contribution in [-0.2, 0) is 19.6 Å². The highest BCUT2D eigenvalue weighted by molar-refractivity contribution is 7.91. The van der Waals surface area contributed by atoms with Gasteiger partial charge in [0.2, 0.25) is 15.9 Å². The zero-order valence-corrected chi connectivity index (χ0v) is 34.0. The number of pyridine rings is 1. The third-order valence-electron chi connectivity index (χ3n) is 11.5. The summed E-state index contributed by atoms with van der Waals surface area (Å²) < 4.78 is 66.1. The first kappa shape index (κ1) is 39.8. The molecule has 4 amide bonds. The first-order valence-corrected chi connectivity index (χ1v) is 21.4. The van der Waals surface area contributed by atoms with E-state index < -0.39 is 56.9 Å². The molecular formula is C39H48F2N6O7S2. The van der Waals surface area contributed by atoms with Gasteiger partial charge in [-0.05, 0) is 76.8 Å². The first-order valence-electron chi connectivity index (χ1n) is 19.0. The number of halogens is 2. The molecule has 1 saturated heterocycles. The third kappa shape index (κ3) is 7.55. The Morgan fingerprint density at radius 1 is 1.14 bits per heavy atom. The molecule has 17 heteroatoms. The standard InChI is InChI=1S/C39H48F2N6O7S2/c1-21(2)28-20-55-33(43-28)27-17-30(26-15-22(3)32(54-36(40)41)23(4)31(26)42-27)53-25-16-29-34(48)46(6)14-10-8-7-9-11-24-18-39(24,44-37(50)47(29)19-25)35(49)45-56(51,52)38(5)12-13-38/h9,11,15,17,20-21,24-25,29,36H,7-8,10,12-14,16,18-19H2,1-6H3,(H,44,50)(H,45,49)/b11-9-/t24-,25+,29+,39-/m1/s1. The second-order valence-electron chi connectivity index (χ2n) is 16.1. The van der Waals surface area contributed by atoms with E-state index in [-0.39, 0.29) is 37.0 Å². The molecule has 2 aromatic heterocycles. The lowest BCUT2D eigenvalue weighted by Gasteiger charge is -2.30. The Morgan fingerprint density at radius 2 is 1.89 bits per heavy atom. The minimum atomic E-state index is -3.98. The third-order valence-corrected chi connectivity index (χ3v) is 14.6. The highest BCUT2D eigenvalue weighted by atomic mass is 32.2. The van der Waals surface area contributed by atoms with Crippen LogP contribution in [0.4, 0.5) is 13.6 Å². The Hall–Kier alpha value is -4.38. The molecule has 2 saturated carbocycles. The van der Waals surface area contributed by atoms with Gasteiger partial charge in [-0.2, -0.15) is 8.78 Å². The van der Waals surface area contributed by atoms with Crippen LogP contribution in [0.15, 0.2) is 29.7 Å². The van der Waals surface area contributed by atoms with E-state index in [1.54, 1.807) is 44.9 Å². The summed E-state index contributed by atoms with van der Waals surface area (Å²) in [5.41, 5.74) is 1.03. The highest BCUT2D eigenvalue weighted by Crippen LogP contribution is 2.48. The molecule has 302 valence electrons. The lowest BCUT2D eigenvalue weighted by Crippen LogP contribution is -2.58. The van der Waals surface area contributed by atoms with Crippen LogP contribution in [0.3, 0.4) is 0 Å². The second-order valence-corrected chi connectivity index (χ2v) is 19.1. The van der Waals surface area contributed by atoms with Crippen molar-refractivity contribution >= 4 is 50.1 Å². The Balaban J connectivity index is 1.23. The van der Waals surface area contributed by atoms with Crippen molar-refractivity contribution in [2.45, 2.75) is 115 Å². The Morgan fingerprint density at radius 3 is 2.57 bits per heavy atom. The molecule has 3 fully saturated rings. The SMILES string of the molecule is Cc1cc2c(O[C@H]3C[C@H]4C(=O)N(C)CCCC/C=C\[C@@H]5C[C@@]5(C(=O)NS(=O)(=O)C5(C)CC5)NC(=O)N4C3)cc(-c3nc(C(C)C)cs3)nc2c(C)c1OC(F)F. The van der Waals surface area contributed by atoms with Crippen LogP contribution < -0.4 is 19.5 Å². The fourth-order valence-corrected chi connectivity index (χ4v) is 9.82. The van der Waals surface area contributed by atoms with Gasteiger partial charge in [-0.15, -0.1) is 11.3 Å². The molecular weight excluding hydrogens is 767 g/mol. The smallest absolute Gasteiger partial charge is 0.387 e. The monoisotopic (exact) mass is 814 g/mol. The molecule has 3 aromatic rings. The predicted octanol–water partition coefficient (Wildman–Crippen LogP) is 6.19. The number of nitrogens with zero attached hydrogens (tertiary/aromatic N) is 4. The zero-order chi connectivity index (χ0) is 40.3. The van der Waals surface area contributed by atoms with Gasteiger partial charge in [-0.3, -0.25) is 14.3 Å². The van der Waals surface area contributed by atoms with E-state index in [4.69, 9.17) is 19.4 Å². The summed E-state index contributed by atoms with van der Waals surface area (Å²) in [6.45, 7) is 6.34. The molecule has 2 N–H and O–H groups in total. The van der Waals surface area contributed by atoms with Gasteiger partial charge < -0.3 is 24.6 Å². The summed E-state index contributed by atoms with van der Waals surface area (Å²) >= 11 is 1.39. The maximum atomic E-state index is 14.3. The van der Waals surface area contributed by atoms with Crippen molar-refractivity contribution in [2.24, 2.45) is 5.92 Å². The average Bonchev–Trinajstić information content (AvgIpc) is 3.90. The zero-order valence-electron chi connectivity index (χ0n) is 32.4. The minimum Gasteiger partial charge on any atom is -0.488 e. The molecule has 2 aliphatic heterocycles. The number of rotatable bonds is 9. The van der Waals surface area contributed by atoms with Crippen molar-refractivity contribution in [1.82, 2.24) is 29.8 Å². The predicted molar refractivity (Wildman–Crippen MR) is 207 cm³/mol. The number of allylic oxidation sites excluding steroid dienone is 1. The highest BCUT2D eigenvalue weighted by Gasteiger charge is 2.63. The largest absolute Gasteiger partial charge is 0.488 e. The quantitative estimate of drug-likeness (QED) is 0.240. The number of likely N-dealkylation sites (N-methyl/N-ethyl adjacent to an activating group) is 1. The number of alkyl halides is 2. The van der Waals surface area contributed by atoms with E-state index in [1.807, 2.05) is 31.4 Å². The minimum absolute atomic E-state index is 0.0108. The molecule has 0 bridgehead atoms. The number of nitrogens with one attached hydrogen (secondary N) is 2. The van der Waals surface area contributed by atoms with Crippen molar-refractivity contribution in [2.75, 3.05) is 20.1 Å². The van der Waals surface area contributed by atoms with Gasteiger partial charge in [0.25, 0.3) is 5.91 Å². The molecule has 7 rings (SSSR count). The summed E-state index contributed by atoms with van der Waals surface area (Å²) in [5.74, 6) is -0.994. The number of hydrogen-bond acceptors (Lipinski definition) is 10. The molecule has 4 heterocycles. The van der Waals surface area contributed by atoms with Crippen molar-refractivity contribution in [3.05, 3.63) is 46.5 Å². The van der Waals surface area contributed by atoms with Crippen LogP contribution in [0.1, 0.15) is 88.5 Å². The van der Waals surface area contributed by atoms with E-state index in [0.717, 1.165) is 18.5 Å². The van der Waals surface area contributed by atoms with E-state index in [9.17, 15) is 31.6 Å². The van der Waals surface area contributed by atoms with Gasteiger partial charge in [-0.25, -0.2) is 23.2 Å². The Kier molecular flexibility index (Phi) is 10.6. The number of carbonyl (C=O) groups is 3. The number of amides is 4. The van der Waals surface area contributed by atoms with Crippen molar-refractivity contribution in [1.29, 1.82) is 0 Å². The first-order chi connectivity index (χ1) is 26.4. The van der Waals surface area contributed by atoms with Gasteiger partial charge in [0.15, 0.2) is 0 Å². The van der Waals surface area contributed by atoms with Crippen LogP contribution >= 0.6 is 11.3 Å². The summed E-state index contributed by atoms with van der Waals surface area (Å²) in [6, 6.07) is 1.76. The van der Waals surface area contributed by atoms with E-state index in [0.29, 0.717) is 64.3 Å². The molecule has 4 aliphatic rings. The number of thiazole rings is 1. The second kappa shape index (κ2) is 14.8. The number of hydrogen-bond donors (Lipinski definition) is 2. The molecule has 2 aliphatic carbocycles. The maximum Gasteiger partial charge on any atom is 0.387 e. The van der Waals surface area contributed by atoms with Gasteiger partial charge in [-0.1, -0.05) is 26.0 Å². The molecule has 4 atom stereocenters. The maximum absolute atomic E-state index is 14.3. The number of fused-ring (bicyclic) bond motifs is 3. The van der Waals surface area contributed by atoms with Gasteiger partial charge >= 0.3 is 12.6 Å². The normalized spacial score (nSPS) is 25.7. The fourth-order valence-electron chi connectivity index (χ4n) is 7.57. The summed E-state index contributed by atoms with van der Waals surface area (Å²) in [6.07, 6.45) is 6.48. The Labute approximate surface area is 329 Å². The average molecular weight is 815 g/mol. The number of aryl methyl sites for hydroxylation is 2. The molecule has 13 nitrogen and oxygen atoms in total. The number of carbonyl (C=O) groups excluding carboxylic acids is 3. The molecule has 1 aromatic carbocycles. The number of ether oxygens (including phenoxy) is 2.